The zero-order valence-electron chi connectivity index (χ0n) is 11.6. The van der Waals surface area contributed by atoms with Gasteiger partial charge in [-0.05, 0) is 34.9 Å². The Balaban J connectivity index is 2.03. The fraction of sp³-hybridized carbons (Fsp3) is 0.176. The van der Waals surface area contributed by atoms with Crippen molar-refractivity contribution in [3.63, 3.8) is 0 Å². The normalized spacial score (nSPS) is 10.7. The summed E-state index contributed by atoms with van der Waals surface area (Å²) in [6.07, 6.45) is 1.06. The Morgan fingerprint density at radius 1 is 0.900 bits per heavy atom. The molecular formula is C17H16N2O. The van der Waals surface area contributed by atoms with Crippen molar-refractivity contribution in [1.82, 2.24) is 10.2 Å². The van der Waals surface area contributed by atoms with Crippen molar-refractivity contribution in [3.05, 3.63) is 54.1 Å². The standard InChI is InChI=1S/C17H16N2O/c1-3-12-4-5-14-11-15(7-6-13(14)10-12)16-8-9-17(20-2)19-18-16/h4-11H,3H2,1-2H3. The van der Waals surface area contributed by atoms with E-state index in [-0.39, 0.29) is 0 Å². The second kappa shape index (κ2) is 5.29. The van der Waals surface area contributed by atoms with Crippen LogP contribution in [0.4, 0.5) is 0 Å². The molecule has 0 atom stereocenters. The van der Waals surface area contributed by atoms with Crippen LogP contribution in [0.1, 0.15) is 12.5 Å². The molecule has 3 heteroatoms. The van der Waals surface area contributed by atoms with Crippen LogP contribution in [0.2, 0.25) is 0 Å². The van der Waals surface area contributed by atoms with E-state index in [1.54, 1.807) is 7.11 Å². The number of rotatable bonds is 3. The number of aromatic nitrogens is 2. The molecule has 0 N–H and O–H groups in total. The minimum Gasteiger partial charge on any atom is -0.480 e. The third-order valence-electron chi connectivity index (χ3n) is 3.46. The summed E-state index contributed by atoms with van der Waals surface area (Å²) in [5.41, 5.74) is 3.28. The van der Waals surface area contributed by atoms with Crippen LogP contribution in [0.3, 0.4) is 0 Å². The molecule has 0 bridgehead atoms. The fourth-order valence-electron chi connectivity index (χ4n) is 2.26. The highest BCUT2D eigenvalue weighted by Crippen LogP contribution is 2.24. The number of hydrogen-bond donors (Lipinski definition) is 0. The first-order chi connectivity index (χ1) is 9.80. The molecule has 3 nitrogen and oxygen atoms in total. The minimum atomic E-state index is 0.530. The van der Waals surface area contributed by atoms with E-state index in [1.165, 1.54) is 16.3 Å². The monoisotopic (exact) mass is 264 g/mol. The number of benzene rings is 2. The van der Waals surface area contributed by atoms with Gasteiger partial charge >= 0.3 is 0 Å². The quantitative estimate of drug-likeness (QED) is 0.720. The molecule has 0 spiro atoms. The van der Waals surface area contributed by atoms with Gasteiger partial charge in [0.1, 0.15) is 0 Å². The maximum absolute atomic E-state index is 5.03. The lowest BCUT2D eigenvalue weighted by Gasteiger charge is -2.05. The summed E-state index contributed by atoms with van der Waals surface area (Å²) in [6, 6.07) is 16.7. The number of fused-ring (bicyclic) bond motifs is 1. The third kappa shape index (κ3) is 2.35. The molecular weight excluding hydrogens is 248 g/mol. The van der Waals surface area contributed by atoms with Gasteiger partial charge in [-0.25, -0.2) is 0 Å². The van der Waals surface area contributed by atoms with Gasteiger partial charge in [0, 0.05) is 11.6 Å². The lowest BCUT2D eigenvalue weighted by molar-refractivity contribution is 0.392. The van der Waals surface area contributed by atoms with E-state index in [0.717, 1.165) is 17.7 Å². The number of ether oxygens (including phenoxy) is 1. The molecule has 0 aliphatic carbocycles. The van der Waals surface area contributed by atoms with Crippen LogP contribution in [0, 0.1) is 0 Å². The second-order valence-corrected chi connectivity index (χ2v) is 4.71. The van der Waals surface area contributed by atoms with E-state index < -0.39 is 0 Å². The fourth-order valence-corrected chi connectivity index (χ4v) is 2.26. The SMILES string of the molecule is CCc1ccc2cc(-c3ccc(OC)nn3)ccc2c1. The molecule has 0 amide bonds. The van der Waals surface area contributed by atoms with E-state index in [0.29, 0.717) is 5.88 Å². The maximum Gasteiger partial charge on any atom is 0.233 e. The third-order valence-corrected chi connectivity index (χ3v) is 3.46. The van der Waals surface area contributed by atoms with Crippen LogP contribution in [0.15, 0.2) is 48.5 Å². The van der Waals surface area contributed by atoms with Crippen molar-refractivity contribution >= 4 is 10.8 Å². The van der Waals surface area contributed by atoms with E-state index in [1.807, 2.05) is 12.1 Å². The van der Waals surface area contributed by atoms with Gasteiger partial charge in [0.05, 0.1) is 12.8 Å². The zero-order chi connectivity index (χ0) is 13.9. The van der Waals surface area contributed by atoms with Crippen molar-refractivity contribution in [2.75, 3.05) is 7.11 Å². The molecule has 3 aromatic rings. The largest absolute Gasteiger partial charge is 0.480 e. The predicted molar refractivity (Wildman–Crippen MR) is 80.9 cm³/mol. The van der Waals surface area contributed by atoms with Gasteiger partial charge in [-0.1, -0.05) is 37.3 Å². The average Bonchev–Trinajstić information content (AvgIpc) is 2.54. The molecule has 0 saturated heterocycles. The highest BCUT2D eigenvalue weighted by atomic mass is 16.5. The molecule has 1 heterocycles. The molecule has 0 aliphatic heterocycles. The highest BCUT2D eigenvalue weighted by Gasteiger charge is 2.03. The summed E-state index contributed by atoms with van der Waals surface area (Å²) < 4.78 is 5.03. The Kier molecular flexibility index (Phi) is 3.33. The molecule has 0 radical (unpaired) electrons. The molecule has 2 aromatic carbocycles. The molecule has 20 heavy (non-hydrogen) atoms. The van der Waals surface area contributed by atoms with Crippen LogP contribution in [-0.2, 0) is 6.42 Å². The molecule has 0 fully saturated rings. The summed E-state index contributed by atoms with van der Waals surface area (Å²) in [4.78, 5) is 0. The summed E-state index contributed by atoms with van der Waals surface area (Å²) in [5.74, 6) is 0.530. The van der Waals surface area contributed by atoms with E-state index in [9.17, 15) is 0 Å². The van der Waals surface area contributed by atoms with Gasteiger partial charge in [0.25, 0.3) is 0 Å². The summed E-state index contributed by atoms with van der Waals surface area (Å²) in [5, 5.41) is 10.7. The first-order valence-corrected chi connectivity index (χ1v) is 6.71. The van der Waals surface area contributed by atoms with Crippen molar-refractivity contribution in [2.24, 2.45) is 0 Å². The Morgan fingerprint density at radius 3 is 2.40 bits per heavy atom. The first-order valence-electron chi connectivity index (χ1n) is 6.71. The molecule has 100 valence electrons. The molecule has 0 aliphatic rings. The maximum atomic E-state index is 5.03. The molecule has 1 aromatic heterocycles. The van der Waals surface area contributed by atoms with Gasteiger partial charge in [0.15, 0.2) is 0 Å². The smallest absolute Gasteiger partial charge is 0.233 e. The number of nitrogens with zero attached hydrogens (tertiary/aromatic N) is 2. The predicted octanol–water partition coefficient (Wildman–Crippen LogP) is 3.87. The van der Waals surface area contributed by atoms with Gasteiger partial charge < -0.3 is 4.74 Å². The number of aryl methyl sites for hydroxylation is 1. The summed E-state index contributed by atoms with van der Waals surface area (Å²) >= 11 is 0. The minimum absolute atomic E-state index is 0.530. The van der Waals surface area contributed by atoms with E-state index >= 15 is 0 Å². The lowest BCUT2D eigenvalue weighted by Crippen LogP contribution is -1.92. The van der Waals surface area contributed by atoms with Crippen LogP contribution in [0.5, 0.6) is 5.88 Å². The van der Waals surface area contributed by atoms with Crippen molar-refractivity contribution < 1.29 is 4.74 Å². The van der Waals surface area contributed by atoms with Gasteiger partial charge in [-0.3, -0.25) is 0 Å². The van der Waals surface area contributed by atoms with Crippen LogP contribution in [-0.4, -0.2) is 17.3 Å². The Bertz CT molecular complexity index is 736. The first kappa shape index (κ1) is 12.6. The highest BCUT2D eigenvalue weighted by molar-refractivity contribution is 5.87. The summed E-state index contributed by atoms with van der Waals surface area (Å²) in [7, 11) is 1.59. The average molecular weight is 264 g/mol. The van der Waals surface area contributed by atoms with E-state index in [2.05, 4.69) is 53.5 Å². The van der Waals surface area contributed by atoms with Crippen molar-refractivity contribution in [3.8, 4) is 17.1 Å². The second-order valence-electron chi connectivity index (χ2n) is 4.71. The van der Waals surface area contributed by atoms with Crippen LogP contribution in [0.25, 0.3) is 22.0 Å². The molecule has 3 rings (SSSR count). The van der Waals surface area contributed by atoms with Crippen molar-refractivity contribution in [1.29, 1.82) is 0 Å². The Labute approximate surface area is 118 Å². The number of methoxy groups -OCH3 is 1. The van der Waals surface area contributed by atoms with Crippen LogP contribution >= 0.6 is 0 Å². The molecule has 0 unspecified atom stereocenters. The van der Waals surface area contributed by atoms with Gasteiger partial charge in [0.2, 0.25) is 5.88 Å². The van der Waals surface area contributed by atoms with Gasteiger partial charge in [-0.2, -0.15) is 0 Å². The zero-order valence-corrected chi connectivity index (χ0v) is 11.6. The van der Waals surface area contributed by atoms with Crippen LogP contribution < -0.4 is 4.74 Å². The lowest BCUT2D eigenvalue weighted by atomic mass is 10.0. The topological polar surface area (TPSA) is 35.0 Å². The van der Waals surface area contributed by atoms with Crippen molar-refractivity contribution in [2.45, 2.75) is 13.3 Å². The Hall–Kier alpha value is -2.42. The summed E-state index contributed by atoms with van der Waals surface area (Å²) in [6.45, 7) is 2.17. The number of hydrogen-bond acceptors (Lipinski definition) is 3. The van der Waals surface area contributed by atoms with E-state index in [4.69, 9.17) is 4.74 Å². The molecule has 0 saturated carbocycles. The Morgan fingerprint density at radius 2 is 1.70 bits per heavy atom. The van der Waals surface area contributed by atoms with Gasteiger partial charge in [-0.15, -0.1) is 10.2 Å².